The summed E-state index contributed by atoms with van der Waals surface area (Å²) in [5.41, 5.74) is 9.96. The molecule has 5 heteroatoms. The average Bonchev–Trinajstić information content (AvgIpc) is 3.26. The zero-order valence-electron chi connectivity index (χ0n) is 18.7. The lowest BCUT2D eigenvalue weighted by molar-refractivity contribution is -0.130. The van der Waals surface area contributed by atoms with Crippen LogP contribution >= 0.6 is 0 Å². The summed E-state index contributed by atoms with van der Waals surface area (Å²) < 4.78 is 0. The minimum atomic E-state index is -0.635. The largest absolute Gasteiger partial charge is 0.347 e. The van der Waals surface area contributed by atoms with E-state index in [2.05, 4.69) is 22.8 Å². The third-order valence-corrected chi connectivity index (χ3v) is 6.31. The molecule has 3 aromatic rings. The molecule has 0 radical (unpaired) electrons. The van der Waals surface area contributed by atoms with Gasteiger partial charge in [0.15, 0.2) is 0 Å². The summed E-state index contributed by atoms with van der Waals surface area (Å²) in [6.07, 6.45) is 2.98. The highest BCUT2D eigenvalue weighted by atomic mass is 16.2. The molecular weight excluding hydrogens is 410 g/mol. The molecule has 0 unspecified atom stereocenters. The molecule has 5 nitrogen and oxygen atoms in total. The predicted molar refractivity (Wildman–Crippen MR) is 131 cm³/mol. The Kier molecular flexibility index (Phi) is 7.53. The van der Waals surface area contributed by atoms with E-state index in [4.69, 9.17) is 5.73 Å². The van der Waals surface area contributed by atoms with Gasteiger partial charge in [0.05, 0.1) is 12.0 Å². The highest BCUT2D eigenvalue weighted by Crippen LogP contribution is 2.31. The van der Waals surface area contributed by atoms with Crippen LogP contribution in [0, 0.1) is 0 Å². The number of carbonyl (C=O) groups excluding carboxylic acids is 2. The lowest BCUT2D eigenvalue weighted by Gasteiger charge is -2.24. The number of hydrogen-bond donors (Lipinski definition) is 3. The first-order valence-electron chi connectivity index (χ1n) is 11.7. The number of fused-ring (bicyclic) bond motifs is 1. The van der Waals surface area contributed by atoms with Crippen LogP contribution in [0.5, 0.6) is 0 Å². The van der Waals surface area contributed by atoms with Gasteiger partial charge in [0, 0.05) is 0 Å². The summed E-state index contributed by atoms with van der Waals surface area (Å²) in [7, 11) is 0. The molecule has 170 valence electrons. The van der Waals surface area contributed by atoms with Gasteiger partial charge >= 0.3 is 0 Å². The van der Waals surface area contributed by atoms with E-state index in [9.17, 15) is 9.59 Å². The normalized spacial score (nSPS) is 15.6. The average molecular weight is 442 g/mol. The first-order valence-corrected chi connectivity index (χ1v) is 11.7. The molecule has 0 spiro atoms. The van der Waals surface area contributed by atoms with E-state index in [0.717, 1.165) is 24.0 Å². The van der Waals surface area contributed by atoms with Gasteiger partial charge < -0.3 is 16.4 Å². The Labute approximate surface area is 195 Å². The maximum absolute atomic E-state index is 13.5. The number of carbonyl (C=O) groups is 2. The van der Waals surface area contributed by atoms with Gasteiger partial charge in [-0.25, -0.2) is 0 Å². The molecule has 0 aromatic heterocycles. The third-order valence-electron chi connectivity index (χ3n) is 6.31. The molecule has 3 aromatic carbocycles. The van der Waals surface area contributed by atoms with Gasteiger partial charge in [-0.05, 0) is 54.5 Å². The van der Waals surface area contributed by atoms with Gasteiger partial charge in [-0.2, -0.15) is 0 Å². The minimum absolute atomic E-state index is 0.0231. The molecule has 0 aliphatic heterocycles. The van der Waals surface area contributed by atoms with E-state index in [1.807, 2.05) is 72.8 Å². The van der Waals surface area contributed by atoms with Crippen LogP contribution < -0.4 is 16.4 Å². The molecule has 2 amide bonds. The Morgan fingerprint density at radius 3 is 2.09 bits per heavy atom. The fourth-order valence-corrected chi connectivity index (χ4v) is 4.61. The van der Waals surface area contributed by atoms with Crippen molar-refractivity contribution in [3.63, 3.8) is 0 Å². The van der Waals surface area contributed by atoms with Crippen molar-refractivity contribution in [3.05, 3.63) is 107 Å². The van der Waals surface area contributed by atoms with E-state index >= 15 is 0 Å². The summed E-state index contributed by atoms with van der Waals surface area (Å²) in [6, 6.07) is 26.9. The Morgan fingerprint density at radius 2 is 1.45 bits per heavy atom. The van der Waals surface area contributed by atoms with E-state index in [-0.39, 0.29) is 17.9 Å². The van der Waals surface area contributed by atoms with Crippen LogP contribution in [0.1, 0.15) is 53.5 Å². The van der Waals surface area contributed by atoms with E-state index in [0.29, 0.717) is 19.4 Å². The molecule has 1 aliphatic carbocycles. The van der Waals surface area contributed by atoms with Crippen molar-refractivity contribution in [1.29, 1.82) is 0 Å². The van der Waals surface area contributed by atoms with Crippen LogP contribution in [-0.4, -0.2) is 24.4 Å². The van der Waals surface area contributed by atoms with Gasteiger partial charge in [0.25, 0.3) is 0 Å². The summed E-state index contributed by atoms with van der Waals surface area (Å²) in [6.45, 7) is 0.465. The van der Waals surface area contributed by atoms with Gasteiger partial charge in [-0.15, -0.1) is 0 Å². The van der Waals surface area contributed by atoms with Crippen molar-refractivity contribution in [2.75, 3.05) is 6.54 Å². The number of aryl methyl sites for hydroxylation is 1. The number of amides is 2. The van der Waals surface area contributed by atoms with Gasteiger partial charge in [-0.1, -0.05) is 84.9 Å². The van der Waals surface area contributed by atoms with Gasteiger partial charge in [-0.3, -0.25) is 9.59 Å². The summed E-state index contributed by atoms with van der Waals surface area (Å²) in [4.78, 5) is 26.8. The molecule has 0 heterocycles. The monoisotopic (exact) mass is 441 g/mol. The molecule has 4 N–H and O–H groups in total. The van der Waals surface area contributed by atoms with E-state index in [1.54, 1.807) is 0 Å². The Balaban J connectivity index is 1.53. The van der Waals surface area contributed by atoms with E-state index < -0.39 is 12.0 Å². The summed E-state index contributed by atoms with van der Waals surface area (Å²) >= 11 is 0. The lowest BCUT2D eigenvalue weighted by atomic mass is 9.90. The van der Waals surface area contributed by atoms with Crippen LogP contribution in [0.4, 0.5) is 0 Å². The van der Waals surface area contributed by atoms with Crippen molar-refractivity contribution in [1.82, 2.24) is 10.6 Å². The van der Waals surface area contributed by atoms with Crippen LogP contribution in [0.15, 0.2) is 84.9 Å². The fourth-order valence-electron chi connectivity index (χ4n) is 4.61. The van der Waals surface area contributed by atoms with Crippen LogP contribution in [0.2, 0.25) is 0 Å². The number of hydrogen-bond acceptors (Lipinski definition) is 3. The van der Waals surface area contributed by atoms with Gasteiger partial charge in [0.1, 0.15) is 6.04 Å². The zero-order chi connectivity index (χ0) is 23.0. The van der Waals surface area contributed by atoms with Crippen molar-refractivity contribution < 1.29 is 9.59 Å². The molecule has 0 saturated carbocycles. The summed E-state index contributed by atoms with van der Waals surface area (Å²) in [5, 5.41) is 6.21. The van der Waals surface area contributed by atoms with E-state index in [1.165, 1.54) is 11.1 Å². The Morgan fingerprint density at radius 1 is 0.848 bits per heavy atom. The number of benzene rings is 3. The van der Waals surface area contributed by atoms with Gasteiger partial charge in [0.2, 0.25) is 11.8 Å². The summed E-state index contributed by atoms with van der Waals surface area (Å²) in [5.74, 6) is -0.831. The quantitative estimate of drug-likeness (QED) is 0.472. The minimum Gasteiger partial charge on any atom is -0.347 e. The third kappa shape index (κ3) is 5.49. The molecule has 0 fully saturated rings. The van der Waals surface area contributed by atoms with Crippen molar-refractivity contribution in [2.45, 2.75) is 43.7 Å². The molecular formula is C28H31N3O2. The molecule has 2 atom stereocenters. The number of nitrogens with one attached hydrogen (secondary N) is 2. The van der Waals surface area contributed by atoms with Crippen molar-refractivity contribution >= 4 is 11.8 Å². The second-order valence-corrected chi connectivity index (χ2v) is 8.55. The topological polar surface area (TPSA) is 84.2 Å². The Hall–Kier alpha value is -3.44. The second-order valence-electron chi connectivity index (χ2n) is 8.55. The SMILES string of the molecule is NCCC[C@@H](NC(=O)C(c1ccccc1)c1ccccc1)C(=O)N[C@H]1CCc2ccccc21. The molecule has 33 heavy (non-hydrogen) atoms. The van der Waals surface area contributed by atoms with Crippen molar-refractivity contribution in [3.8, 4) is 0 Å². The second kappa shape index (κ2) is 10.9. The molecule has 1 aliphatic rings. The maximum Gasteiger partial charge on any atom is 0.243 e. The maximum atomic E-state index is 13.5. The zero-order valence-corrected chi connectivity index (χ0v) is 18.7. The first kappa shape index (κ1) is 22.7. The molecule has 0 saturated heterocycles. The number of nitrogens with two attached hydrogens (primary N) is 1. The standard InChI is InChI=1S/C28H31N3O2/c29-19-9-16-25(27(32)30-24-18-17-20-10-7-8-15-23(20)24)31-28(33)26(21-11-3-1-4-12-21)22-13-5-2-6-14-22/h1-8,10-15,24-26H,9,16-19,29H2,(H,30,32)(H,31,33)/t24-,25+/m0/s1. The first-order chi connectivity index (χ1) is 16.2. The van der Waals surface area contributed by atoms with Crippen LogP contribution in [0.25, 0.3) is 0 Å². The van der Waals surface area contributed by atoms with Crippen molar-refractivity contribution in [2.24, 2.45) is 5.73 Å². The Bertz CT molecular complexity index is 1030. The fraction of sp³-hybridized carbons (Fsp3) is 0.286. The lowest BCUT2D eigenvalue weighted by Crippen LogP contribution is -2.49. The number of rotatable bonds is 9. The molecule has 0 bridgehead atoms. The van der Waals surface area contributed by atoms with Crippen LogP contribution in [0.3, 0.4) is 0 Å². The predicted octanol–water partition coefficient (Wildman–Crippen LogP) is 3.85. The molecule has 4 rings (SSSR count). The smallest absolute Gasteiger partial charge is 0.243 e. The highest BCUT2D eigenvalue weighted by Gasteiger charge is 2.30. The van der Waals surface area contributed by atoms with Crippen LogP contribution in [-0.2, 0) is 16.0 Å². The highest BCUT2D eigenvalue weighted by molar-refractivity contribution is 5.92.